The molecule has 160 valence electrons. The van der Waals surface area contributed by atoms with Gasteiger partial charge in [-0.15, -0.1) is 0 Å². The number of ether oxygens (including phenoxy) is 2. The first-order chi connectivity index (χ1) is 13.4. The van der Waals surface area contributed by atoms with Crippen molar-refractivity contribution >= 4 is 6.09 Å². The molecule has 7 nitrogen and oxygen atoms in total. The minimum absolute atomic E-state index is 0.235. The zero-order valence-electron chi connectivity index (χ0n) is 18.1. The van der Waals surface area contributed by atoms with Gasteiger partial charge in [0.05, 0.1) is 6.61 Å². The van der Waals surface area contributed by atoms with Crippen LogP contribution in [0.3, 0.4) is 0 Å². The molecule has 1 saturated heterocycles. The Balaban J connectivity index is 1.67. The van der Waals surface area contributed by atoms with E-state index in [0.717, 1.165) is 37.8 Å². The van der Waals surface area contributed by atoms with Crippen LogP contribution in [0.2, 0.25) is 0 Å². The second-order valence-electron chi connectivity index (χ2n) is 8.40. The second-order valence-corrected chi connectivity index (χ2v) is 8.40. The monoisotopic (exact) mass is 394 g/mol. The number of piperazine rings is 1. The van der Waals surface area contributed by atoms with Gasteiger partial charge in [0.1, 0.15) is 11.4 Å². The summed E-state index contributed by atoms with van der Waals surface area (Å²) in [5, 5.41) is 0. The van der Waals surface area contributed by atoms with Crippen molar-refractivity contribution in [1.29, 1.82) is 0 Å². The van der Waals surface area contributed by atoms with Crippen LogP contribution in [-0.2, 0) is 9.47 Å². The molecule has 0 aromatic heterocycles. The van der Waals surface area contributed by atoms with E-state index in [9.17, 15) is 4.79 Å². The van der Waals surface area contributed by atoms with Gasteiger partial charge in [0.15, 0.2) is 0 Å². The van der Waals surface area contributed by atoms with E-state index in [1.165, 1.54) is 32.1 Å². The molecule has 0 unspecified atom stereocenters. The number of nitrogens with one attached hydrogen (secondary N) is 2. The summed E-state index contributed by atoms with van der Waals surface area (Å²) in [5.74, 6) is 1.75. The molecular weight excluding hydrogens is 356 g/mol. The molecular formula is C21H38N4O3. The Labute approximate surface area is 170 Å². The zero-order valence-corrected chi connectivity index (χ0v) is 18.1. The van der Waals surface area contributed by atoms with Crippen molar-refractivity contribution in [1.82, 2.24) is 20.7 Å². The third-order valence-electron chi connectivity index (χ3n) is 4.73. The molecule has 2 rings (SSSR count). The fourth-order valence-electron chi connectivity index (χ4n) is 3.15. The molecule has 2 aliphatic heterocycles. The van der Waals surface area contributed by atoms with E-state index in [2.05, 4.69) is 22.7 Å². The Kier molecular flexibility index (Phi) is 8.80. The van der Waals surface area contributed by atoms with E-state index in [1.54, 1.807) is 4.90 Å². The molecule has 0 aromatic carbocycles. The average Bonchev–Trinajstić information content (AvgIpc) is 2.67. The number of allylic oxidation sites excluding steroid dienone is 2. The van der Waals surface area contributed by atoms with E-state index in [4.69, 9.17) is 9.47 Å². The lowest BCUT2D eigenvalue weighted by atomic mass is 10.1. The summed E-state index contributed by atoms with van der Waals surface area (Å²) in [5.41, 5.74) is 5.86. The van der Waals surface area contributed by atoms with E-state index >= 15 is 0 Å². The molecule has 0 aromatic rings. The third-order valence-corrected chi connectivity index (χ3v) is 4.73. The minimum Gasteiger partial charge on any atom is -0.478 e. The molecule has 1 fully saturated rings. The lowest BCUT2D eigenvalue weighted by Crippen LogP contribution is -2.52. The van der Waals surface area contributed by atoms with Crippen molar-refractivity contribution in [3.05, 3.63) is 23.9 Å². The molecule has 2 aliphatic rings. The van der Waals surface area contributed by atoms with Gasteiger partial charge >= 0.3 is 6.09 Å². The Bertz CT molecular complexity index is 546. The quantitative estimate of drug-likeness (QED) is 0.581. The lowest BCUT2D eigenvalue weighted by Gasteiger charge is -2.38. The number of rotatable bonds is 9. The lowest BCUT2D eigenvalue weighted by molar-refractivity contribution is 0.0162. The highest BCUT2D eigenvalue weighted by atomic mass is 16.6. The Morgan fingerprint density at radius 2 is 1.68 bits per heavy atom. The summed E-state index contributed by atoms with van der Waals surface area (Å²) >= 11 is 0. The van der Waals surface area contributed by atoms with Crippen LogP contribution in [0.25, 0.3) is 0 Å². The van der Waals surface area contributed by atoms with Gasteiger partial charge in [-0.3, -0.25) is 10.9 Å². The van der Waals surface area contributed by atoms with Gasteiger partial charge in [0.2, 0.25) is 5.88 Å². The van der Waals surface area contributed by atoms with Crippen LogP contribution < -0.4 is 10.9 Å². The van der Waals surface area contributed by atoms with Crippen molar-refractivity contribution in [3.8, 4) is 0 Å². The number of hydrogen-bond acceptors (Lipinski definition) is 6. The van der Waals surface area contributed by atoms with Gasteiger partial charge in [-0.25, -0.2) is 4.79 Å². The van der Waals surface area contributed by atoms with Gasteiger partial charge in [0, 0.05) is 32.3 Å². The predicted molar refractivity (Wildman–Crippen MR) is 111 cm³/mol. The minimum atomic E-state index is -0.456. The van der Waals surface area contributed by atoms with Crippen molar-refractivity contribution in [2.45, 2.75) is 71.8 Å². The van der Waals surface area contributed by atoms with E-state index in [0.29, 0.717) is 13.1 Å². The Morgan fingerprint density at radius 3 is 2.29 bits per heavy atom. The predicted octanol–water partition coefficient (Wildman–Crippen LogP) is 3.71. The number of hydrogen-bond donors (Lipinski definition) is 2. The highest BCUT2D eigenvalue weighted by molar-refractivity contribution is 5.68. The molecule has 1 amide bonds. The summed E-state index contributed by atoms with van der Waals surface area (Å²) in [6, 6.07) is 0. The highest BCUT2D eigenvalue weighted by Gasteiger charge is 2.26. The van der Waals surface area contributed by atoms with Gasteiger partial charge in [-0.2, -0.15) is 0 Å². The van der Waals surface area contributed by atoms with Crippen molar-refractivity contribution in [2.75, 3.05) is 32.8 Å². The van der Waals surface area contributed by atoms with Crippen LogP contribution in [0.5, 0.6) is 0 Å². The molecule has 7 heteroatoms. The third kappa shape index (κ3) is 7.90. The first-order valence-corrected chi connectivity index (χ1v) is 10.7. The Hall–Kier alpha value is -2.05. The fraction of sp³-hybridized carbons (Fsp3) is 0.762. The summed E-state index contributed by atoms with van der Waals surface area (Å²) in [7, 11) is 0. The number of unbranched alkanes of at least 4 members (excludes halogenated alkanes) is 5. The van der Waals surface area contributed by atoms with Crippen LogP contribution in [0.1, 0.15) is 66.2 Å². The normalized spacial score (nSPS) is 17.3. The number of amides is 1. The zero-order chi connectivity index (χ0) is 20.4. The topological polar surface area (TPSA) is 66.1 Å². The standard InChI is InChI=1S/C21H38N4O3/c1-5-6-7-8-9-10-17-27-19-12-11-18(22-23-19)24-13-15-25(16-14-24)20(26)28-21(2,3)4/h11-12,22-23H,5-10,13-17H2,1-4H3. The smallest absolute Gasteiger partial charge is 0.410 e. The summed E-state index contributed by atoms with van der Waals surface area (Å²) in [6.07, 6.45) is 11.3. The molecule has 0 aliphatic carbocycles. The molecule has 0 bridgehead atoms. The number of carbonyl (C=O) groups is 1. The van der Waals surface area contributed by atoms with E-state index in [-0.39, 0.29) is 6.09 Å². The van der Waals surface area contributed by atoms with E-state index in [1.807, 2.05) is 32.9 Å². The Morgan fingerprint density at radius 1 is 1.00 bits per heavy atom. The second kappa shape index (κ2) is 11.1. The molecule has 0 spiro atoms. The van der Waals surface area contributed by atoms with Crippen LogP contribution >= 0.6 is 0 Å². The molecule has 0 atom stereocenters. The van der Waals surface area contributed by atoms with Crippen molar-refractivity contribution < 1.29 is 14.3 Å². The average molecular weight is 395 g/mol. The first kappa shape index (κ1) is 22.2. The maximum Gasteiger partial charge on any atom is 0.410 e. The fourth-order valence-corrected chi connectivity index (χ4v) is 3.15. The SMILES string of the molecule is CCCCCCCCOC1=CC=C(N2CCN(C(=O)OC(C)(C)C)CC2)NN1. The number of hydrazine groups is 1. The van der Waals surface area contributed by atoms with Gasteiger partial charge in [-0.1, -0.05) is 39.0 Å². The summed E-state index contributed by atoms with van der Waals surface area (Å²) < 4.78 is 11.2. The number of carbonyl (C=O) groups excluding carboxylic acids is 1. The molecule has 28 heavy (non-hydrogen) atoms. The van der Waals surface area contributed by atoms with E-state index < -0.39 is 5.60 Å². The van der Waals surface area contributed by atoms with Crippen molar-refractivity contribution in [2.24, 2.45) is 0 Å². The van der Waals surface area contributed by atoms with Crippen LogP contribution in [0, 0.1) is 0 Å². The maximum absolute atomic E-state index is 12.2. The molecule has 0 radical (unpaired) electrons. The van der Waals surface area contributed by atoms with Gasteiger partial charge in [0.25, 0.3) is 0 Å². The number of nitrogens with zero attached hydrogens (tertiary/aromatic N) is 2. The van der Waals surface area contributed by atoms with Gasteiger partial charge in [-0.05, 0) is 33.3 Å². The van der Waals surface area contributed by atoms with Crippen LogP contribution in [-0.4, -0.2) is 54.3 Å². The molecule has 2 N–H and O–H groups in total. The van der Waals surface area contributed by atoms with Crippen LogP contribution in [0.4, 0.5) is 4.79 Å². The van der Waals surface area contributed by atoms with Crippen LogP contribution in [0.15, 0.2) is 23.9 Å². The summed E-state index contributed by atoms with van der Waals surface area (Å²) in [6.45, 7) is 11.5. The van der Waals surface area contributed by atoms with Gasteiger partial charge < -0.3 is 19.3 Å². The first-order valence-electron chi connectivity index (χ1n) is 10.7. The maximum atomic E-state index is 12.2. The summed E-state index contributed by atoms with van der Waals surface area (Å²) in [4.78, 5) is 16.1. The largest absolute Gasteiger partial charge is 0.478 e. The highest BCUT2D eigenvalue weighted by Crippen LogP contribution is 2.15. The van der Waals surface area contributed by atoms with Crippen molar-refractivity contribution in [3.63, 3.8) is 0 Å². The molecule has 0 saturated carbocycles. The molecule has 2 heterocycles.